The van der Waals surface area contributed by atoms with Crippen LogP contribution in [0.5, 0.6) is 0 Å². The van der Waals surface area contributed by atoms with Crippen molar-refractivity contribution in [1.29, 1.82) is 0 Å². The molecule has 0 saturated carbocycles. The van der Waals surface area contributed by atoms with E-state index >= 15 is 0 Å². The first kappa shape index (κ1) is 13.8. The minimum absolute atomic E-state index is 0.00581. The van der Waals surface area contributed by atoms with Gasteiger partial charge in [-0.25, -0.2) is 0 Å². The van der Waals surface area contributed by atoms with Crippen molar-refractivity contribution >= 4 is 5.69 Å². The lowest BCUT2D eigenvalue weighted by atomic mass is 10.0. The fourth-order valence-corrected chi connectivity index (χ4v) is 1.30. The molecule has 0 fully saturated rings. The van der Waals surface area contributed by atoms with Crippen LogP contribution in [-0.2, 0) is 6.18 Å². The predicted molar refractivity (Wildman–Crippen MR) is 60.8 cm³/mol. The van der Waals surface area contributed by atoms with Gasteiger partial charge in [-0.2, -0.15) is 13.2 Å². The molecular weight excluding hydrogens is 231 g/mol. The number of anilines is 1. The lowest BCUT2D eigenvalue weighted by Crippen LogP contribution is -2.32. The van der Waals surface area contributed by atoms with Gasteiger partial charge in [0.25, 0.3) is 0 Å². The molecule has 1 aromatic carbocycles. The highest BCUT2D eigenvalue weighted by atomic mass is 19.4. The van der Waals surface area contributed by atoms with Crippen LogP contribution in [0.4, 0.5) is 18.9 Å². The second kappa shape index (κ2) is 4.96. The van der Waals surface area contributed by atoms with E-state index in [1.807, 2.05) is 0 Å². The predicted octanol–water partition coefficient (Wildman–Crippen LogP) is 3.28. The Morgan fingerprint density at radius 2 is 1.82 bits per heavy atom. The van der Waals surface area contributed by atoms with Crippen LogP contribution in [0, 0.1) is 0 Å². The Labute approximate surface area is 98.5 Å². The second-order valence-electron chi connectivity index (χ2n) is 4.25. The van der Waals surface area contributed by atoms with Gasteiger partial charge in [-0.05, 0) is 25.5 Å². The Balaban J connectivity index is 2.85. The third-order valence-corrected chi connectivity index (χ3v) is 2.65. The summed E-state index contributed by atoms with van der Waals surface area (Å²) in [5.74, 6) is 0. The molecule has 0 saturated heterocycles. The van der Waals surface area contributed by atoms with E-state index in [0.717, 1.165) is 6.07 Å². The van der Waals surface area contributed by atoms with Crippen molar-refractivity contribution in [3.63, 3.8) is 0 Å². The van der Waals surface area contributed by atoms with Gasteiger partial charge in [-0.15, -0.1) is 0 Å². The number of alkyl halides is 3. The van der Waals surface area contributed by atoms with Gasteiger partial charge in [0.2, 0.25) is 0 Å². The molecule has 1 atom stereocenters. The van der Waals surface area contributed by atoms with Gasteiger partial charge in [-0.1, -0.05) is 19.1 Å². The maximum absolute atomic E-state index is 12.6. The average molecular weight is 247 g/mol. The van der Waals surface area contributed by atoms with Crippen LogP contribution in [0.15, 0.2) is 24.3 Å². The van der Waals surface area contributed by atoms with Crippen LogP contribution in [0.25, 0.3) is 0 Å². The summed E-state index contributed by atoms with van der Waals surface area (Å²) < 4.78 is 37.9. The summed E-state index contributed by atoms with van der Waals surface area (Å²) in [7, 11) is 0. The first-order valence-electron chi connectivity index (χ1n) is 5.39. The molecule has 1 aromatic rings. The number of aliphatic hydroxyl groups is 1. The molecular formula is C12H16F3NO. The van der Waals surface area contributed by atoms with Crippen molar-refractivity contribution in [2.24, 2.45) is 0 Å². The van der Waals surface area contributed by atoms with Crippen LogP contribution in [-0.4, -0.2) is 17.3 Å². The number of hydrogen-bond donors (Lipinski definition) is 2. The molecule has 0 amide bonds. The molecule has 96 valence electrons. The minimum Gasteiger partial charge on any atom is -0.388 e. The summed E-state index contributed by atoms with van der Waals surface area (Å²) in [5, 5.41) is 12.4. The monoisotopic (exact) mass is 247 g/mol. The molecule has 0 aromatic heterocycles. The molecule has 1 rings (SSSR count). The summed E-state index contributed by atoms with van der Waals surface area (Å²) >= 11 is 0. The fourth-order valence-electron chi connectivity index (χ4n) is 1.30. The molecule has 2 N–H and O–H groups in total. The van der Waals surface area contributed by atoms with E-state index in [9.17, 15) is 18.3 Å². The van der Waals surface area contributed by atoms with Crippen LogP contribution >= 0.6 is 0 Å². The maximum atomic E-state index is 12.6. The van der Waals surface area contributed by atoms with Crippen LogP contribution < -0.4 is 5.32 Å². The zero-order chi connectivity index (χ0) is 13.1. The van der Waals surface area contributed by atoms with Crippen LogP contribution in [0.1, 0.15) is 25.8 Å². The van der Waals surface area contributed by atoms with Crippen molar-refractivity contribution in [2.75, 3.05) is 11.9 Å². The molecule has 2 nitrogen and oxygen atoms in total. The summed E-state index contributed by atoms with van der Waals surface area (Å²) in [6.07, 6.45) is -3.92. The minimum atomic E-state index is -4.39. The molecule has 0 heterocycles. The molecule has 0 aliphatic carbocycles. The summed E-state index contributed by atoms with van der Waals surface area (Å²) in [4.78, 5) is 0. The van der Waals surface area contributed by atoms with E-state index < -0.39 is 17.3 Å². The number of rotatable bonds is 4. The average Bonchev–Trinajstić information content (AvgIpc) is 2.26. The summed E-state index contributed by atoms with van der Waals surface area (Å²) in [6, 6.07) is 5.24. The quantitative estimate of drug-likeness (QED) is 0.855. The highest BCUT2D eigenvalue weighted by molar-refractivity contribution is 5.52. The SMILES string of the molecule is CCC(C)(O)CNc1ccccc1C(F)(F)F. The van der Waals surface area contributed by atoms with Crippen molar-refractivity contribution < 1.29 is 18.3 Å². The lowest BCUT2D eigenvalue weighted by molar-refractivity contribution is -0.137. The molecule has 5 heteroatoms. The summed E-state index contributed by atoms with van der Waals surface area (Å²) in [6.45, 7) is 3.43. The maximum Gasteiger partial charge on any atom is 0.418 e. The Morgan fingerprint density at radius 3 is 2.35 bits per heavy atom. The lowest BCUT2D eigenvalue weighted by Gasteiger charge is -2.23. The van der Waals surface area contributed by atoms with Crippen LogP contribution in [0.3, 0.4) is 0 Å². The molecule has 0 radical (unpaired) electrons. The second-order valence-corrected chi connectivity index (χ2v) is 4.25. The van der Waals surface area contributed by atoms with Gasteiger partial charge in [0.15, 0.2) is 0 Å². The van der Waals surface area contributed by atoms with Crippen molar-refractivity contribution in [1.82, 2.24) is 0 Å². The zero-order valence-electron chi connectivity index (χ0n) is 9.80. The number of hydrogen-bond acceptors (Lipinski definition) is 2. The van der Waals surface area contributed by atoms with Gasteiger partial charge in [0.1, 0.15) is 0 Å². The van der Waals surface area contributed by atoms with Crippen molar-refractivity contribution in [2.45, 2.75) is 32.0 Å². The largest absolute Gasteiger partial charge is 0.418 e. The van der Waals surface area contributed by atoms with Gasteiger partial charge in [0, 0.05) is 12.2 Å². The van der Waals surface area contributed by atoms with Gasteiger partial charge in [0.05, 0.1) is 11.2 Å². The number of nitrogens with one attached hydrogen (secondary N) is 1. The highest BCUT2D eigenvalue weighted by Gasteiger charge is 2.33. The number of halogens is 3. The molecule has 0 spiro atoms. The first-order chi connectivity index (χ1) is 7.76. The molecule has 0 bridgehead atoms. The van der Waals surface area contributed by atoms with E-state index in [4.69, 9.17) is 0 Å². The highest BCUT2D eigenvalue weighted by Crippen LogP contribution is 2.34. The summed E-state index contributed by atoms with van der Waals surface area (Å²) in [5.41, 5.74) is -1.74. The standard InChI is InChI=1S/C12H16F3NO/c1-3-11(2,17)8-16-10-7-5-4-6-9(10)12(13,14)15/h4-7,16-17H,3,8H2,1-2H3. The van der Waals surface area contributed by atoms with Gasteiger partial charge >= 0.3 is 6.18 Å². The van der Waals surface area contributed by atoms with E-state index in [0.29, 0.717) is 6.42 Å². The number of benzene rings is 1. The van der Waals surface area contributed by atoms with E-state index in [-0.39, 0.29) is 12.2 Å². The Morgan fingerprint density at radius 1 is 1.24 bits per heavy atom. The zero-order valence-corrected chi connectivity index (χ0v) is 9.80. The Kier molecular flexibility index (Phi) is 4.03. The Hall–Kier alpha value is -1.23. The van der Waals surface area contributed by atoms with Crippen LogP contribution in [0.2, 0.25) is 0 Å². The van der Waals surface area contributed by atoms with Crippen molar-refractivity contribution in [3.05, 3.63) is 29.8 Å². The molecule has 0 aliphatic heterocycles. The van der Waals surface area contributed by atoms with Crippen molar-refractivity contribution in [3.8, 4) is 0 Å². The van der Waals surface area contributed by atoms with E-state index in [1.165, 1.54) is 18.2 Å². The third kappa shape index (κ3) is 3.93. The van der Waals surface area contributed by atoms with Gasteiger partial charge < -0.3 is 10.4 Å². The normalized spacial score (nSPS) is 15.4. The third-order valence-electron chi connectivity index (χ3n) is 2.65. The fraction of sp³-hybridized carbons (Fsp3) is 0.500. The molecule has 17 heavy (non-hydrogen) atoms. The molecule has 0 aliphatic rings. The van der Waals surface area contributed by atoms with E-state index in [2.05, 4.69) is 5.32 Å². The Bertz CT molecular complexity index is 374. The number of para-hydroxylation sites is 1. The van der Waals surface area contributed by atoms with Gasteiger partial charge in [-0.3, -0.25) is 0 Å². The first-order valence-corrected chi connectivity index (χ1v) is 5.39. The van der Waals surface area contributed by atoms with E-state index in [1.54, 1.807) is 13.8 Å². The smallest absolute Gasteiger partial charge is 0.388 e. The topological polar surface area (TPSA) is 32.3 Å². The molecule has 1 unspecified atom stereocenters.